The number of methoxy groups -OCH3 is 1. The van der Waals surface area contributed by atoms with Crippen molar-refractivity contribution in [2.45, 2.75) is 4.90 Å². The third-order valence-corrected chi connectivity index (χ3v) is 5.29. The van der Waals surface area contributed by atoms with Crippen LogP contribution in [-0.4, -0.2) is 62.3 Å². The maximum atomic E-state index is 12.5. The van der Waals surface area contributed by atoms with Crippen LogP contribution in [0.4, 0.5) is 0 Å². The Labute approximate surface area is 131 Å². The van der Waals surface area contributed by atoms with Gasteiger partial charge in [0.2, 0.25) is 10.0 Å². The van der Waals surface area contributed by atoms with Crippen molar-refractivity contribution in [1.29, 1.82) is 0 Å². The number of carboxylic acid groups (broad SMARTS) is 1. The van der Waals surface area contributed by atoms with Gasteiger partial charge in [0, 0.05) is 24.7 Å². The molecule has 0 saturated carbocycles. The fraction of sp³-hybridized carbons (Fsp3) is 0.417. The third-order valence-electron chi connectivity index (χ3n) is 2.70. The lowest BCUT2D eigenvalue weighted by atomic mass is 10.2. The van der Waals surface area contributed by atoms with E-state index >= 15 is 0 Å². The molecule has 1 rings (SSSR count). The second-order valence-corrected chi connectivity index (χ2v) is 6.86. The maximum absolute atomic E-state index is 12.5. The summed E-state index contributed by atoms with van der Waals surface area (Å²) in [5.41, 5.74) is -0.147. The molecule has 7 nitrogen and oxygen atoms in total. The van der Waals surface area contributed by atoms with Crippen molar-refractivity contribution in [1.82, 2.24) is 4.31 Å². The second kappa shape index (κ2) is 7.85. The molecule has 0 atom stereocenters. The minimum absolute atomic E-state index is 0.0673. The standard InChI is InChI=1S/C12H16BrNO6S/c1-20-7-5-14(4-6-15)21(18,19)9-2-3-11(13)10(8-9)12(16)17/h2-3,8,15H,4-7H2,1H3,(H,16,17). The Morgan fingerprint density at radius 1 is 1.38 bits per heavy atom. The molecule has 9 heteroatoms. The molecule has 0 amide bonds. The summed E-state index contributed by atoms with van der Waals surface area (Å²) < 4.78 is 31.1. The fourth-order valence-electron chi connectivity index (χ4n) is 1.63. The number of aliphatic hydroxyl groups excluding tert-OH is 1. The Balaban J connectivity index is 3.21. The molecule has 0 unspecified atom stereocenters. The van der Waals surface area contributed by atoms with E-state index in [0.29, 0.717) is 4.47 Å². The van der Waals surface area contributed by atoms with Crippen molar-refractivity contribution in [3.05, 3.63) is 28.2 Å². The van der Waals surface area contributed by atoms with Crippen LogP contribution in [0.5, 0.6) is 0 Å². The molecule has 2 N–H and O–H groups in total. The van der Waals surface area contributed by atoms with Crippen LogP contribution in [0, 0.1) is 0 Å². The first-order chi connectivity index (χ1) is 9.84. The third kappa shape index (κ3) is 4.48. The van der Waals surface area contributed by atoms with E-state index in [0.717, 1.165) is 10.4 Å². The second-order valence-electron chi connectivity index (χ2n) is 4.07. The number of ether oxygens (including phenoxy) is 1. The largest absolute Gasteiger partial charge is 0.478 e. The smallest absolute Gasteiger partial charge is 0.336 e. The Morgan fingerprint density at radius 2 is 2.05 bits per heavy atom. The van der Waals surface area contributed by atoms with Crippen LogP contribution >= 0.6 is 15.9 Å². The van der Waals surface area contributed by atoms with E-state index in [1.54, 1.807) is 0 Å². The fourth-order valence-corrected chi connectivity index (χ4v) is 3.49. The Morgan fingerprint density at radius 3 is 2.57 bits per heavy atom. The number of nitrogens with zero attached hydrogens (tertiary/aromatic N) is 1. The summed E-state index contributed by atoms with van der Waals surface area (Å²) >= 11 is 3.06. The van der Waals surface area contributed by atoms with Gasteiger partial charge < -0.3 is 14.9 Å². The van der Waals surface area contributed by atoms with E-state index in [1.807, 2.05) is 0 Å². The number of aliphatic hydroxyl groups is 1. The highest BCUT2D eigenvalue weighted by atomic mass is 79.9. The zero-order valence-electron chi connectivity index (χ0n) is 11.3. The van der Waals surface area contributed by atoms with Gasteiger partial charge in [0.05, 0.1) is 23.7 Å². The molecule has 0 radical (unpaired) electrons. The highest BCUT2D eigenvalue weighted by Gasteiger charge is 2.25. The molecule has 1 aromatic rings. The summed E-state index contributed by atoms with van der Waals surface area (Å²) in [5.74, 6) is -1.23. The number of benzene rings is 1. The van der Waals surface area contributed by atoms with Crippen molar-refractivity contribution in [2.24, 2.45) is 0 Å². The minimum atomic E-state index is -3.90. The maximum Gasteiger partial charge on any atom is 0.336 e. The van der Waals surface area contributed by atoms with Crippen LogP contribution in [0.3, 0.4) is 0 Å². The molecule has 0 bridgehead atoms. The number of carboxylic acids is 1. The molecule has 0 aliphatic heterocycles. The quantitative estimate of drug-likeness (QED) is 0.689. The molecule has 0 heterocycles. The van der Waals surface area contributed by atoms with Crippen LogP contribution in [0.25, 0.3) is 0 Å². The highest BCUT2D eigenvalue weighted by molar-refractivity contribution is 9.10. The van der Waals surface area contributed by atoms with Gasteiger partial charge in [-0.1, -0.05) is 0 Å². The van der Waals surface area contributed by atoms with Crippen LogP contribution in [0.1, 0.15) is 10.4 Å². The normalized spacial score (nSPS) is 11.8. The summed E-state index contributed by atoms with van der Waals surface area (Å²) in [4.78, 5) is 10.9. The van der Waals surface area contributed by atoms with Crippen molar-refractivity contribution in [2.75, 3.05) is 33.4 Å². The molecular formula is C12H16BrNO6S. The van der Waals surface area contributed by atoms with E-state index < -0.39 is 16.0 Å². The number of rotatable bonds is 8. The van der Waals surface area contributed by atoms with Crippen LogP contribution in [-0.2, 0) is 14.8 Å². The summed E-state index contributed by atoms with van der Waals surface area (Å²) in [6.45, 7) is -0.200. The molecule has 0 spiro atoms. The van der Waals surface area contributed by atoms with Crippen molar-refractivity contribution in [3.8, 4) is 0 Å². The lowest BCUT2D eigenvalue weighted by Gasteiger charge is -2.21. The van der Waals surface area contributed by atoms with Crippen LogP contribution < -0.4 is 0 Å². The highest BCUT2D eigenvalue weighted by Crippen LogP contribution is 2.23. The topological polar surface area (TPSA) is 104 Å². The average molecular weight is 382 g/mol. The lowest BCUT2D eigenvalue weighted by Crippen LogP contribution is -2.36. The number of sulfonamides is 1. The van der Waals surface area contributed by atoms with E-state index in [4.69, 9.17) is 14.9 Å². The van der Waals surface area contributed by atoms with Gasteiger partial charge >= 0.3 is 5.97 Å². The minimum Gasteiger partial charge on any atom is -0.478 e. The van der Waals surface area contributed by atoms with E-state index in [9.17, 15) is 13.2 Å². The van der Waals surface area contributed by atoms with E-state index in [1.165, 1.54) is 19.2 Å². The van der Waals surface area contributed by atoms with Crippen molar-refractivity contribution >= 4 is 31.9 Å². The van der Waals surface area contributed by atoms with Crippen molar-refractivity contribution < 1.29 is 28.2 Å². The SMILES string of the molecule is COCCN(CCO)S(=O)(=O)c1ccc(Br)c(C(=O)O)c1. The van der Waals surface area contributed by atoms with Gasteiger partial charge in [-0.3, -0.25) is 0 Å². The lowest BCUT2D eigenvalue weighted by molar-refractivity contribution is 0.0695. The average Bonchev–Trinajstić information content (AvgIpc) is 2.43. The number of carbonyl (C=O) groups is 1. The Hall–Kier alpha value is -1.00. The van der Waals surface area contributed by atoms with Gasteiger partial charge in [0.1, 0.15) is 0 Å². The molecular weight excluding hydrogens is 366 g/mol. The van der Waals surface area contributed by atoms with Crippen LogP contribution in [0.2, 0.25) is 0 Å². The first kappa shape index (κ1) is 18.1. The summed E-state index contributed by atoms with van der Waals surface area (Å²) in [5, 5.41) is 18.0. The van der Waals surface area contributed by atoms with Crippen molar-refractivity contribution in [3.63, 3.8) is 0 Å². The number of hydrogen-bond donors (Lipinski definition) is 2. The number of halogens is 1. The molecule has 0 aliphatic rings. The molecule has 118 valence electrons. The summed E-state index contributed by atoms with van der Waals surface area (Å²) in [6.07, 6.45) is 0. The van der Waals surface area contributed by atoms with E-state index in [-0.39, 0.29) is 36.8 Å². The zero-order valence-corrected chi connectivity index (χ0v) is 13.7. The molecule has 0 aromatic heterocycles. The van der Waals surface area contributed by atoms with Gasteiger partial charge in [-0.2, -0.15) is 4.31 Å². The Bertz CT molecular complexity index is 604. The van der Waals surface area contributed by atoms with Gasteiger partial charge in [-0.05, 0) is 34.1 Å². The Kier molecular flexibility index (Phi) is 6.75. The van der Waals surface area contributed by atoms with Crippen LogP contribution in [0.15, 0.2) is 27.6 Å². The number of hydrogen-bond acceptors (Lipinski definition) is 5. The predicted molar refractivity (Wildman–Crippen MR) is 78.8 cm³/mol. The van der Waals surface area contributed by atoms with Gasteiger partial charge in [-0.15, -0.1) is 0 Å². The molecule has 21 heavy (non-hydrogen) atoms. The number of aromatic carboxylic acids is 1. The molecule has 0 saturated heterocycles. The van der Waals surface area contributed by atoms with Gasteiger partial charge in [-0.25, -0.2) is 13.2 Å². The predicted octanol–water partition coefficient (Wildman–Crippen LogP) is 0.777. The first-order valence-corrected chi connectivity index (χ1v) is 8.20. The molecule has 0 fully saturated rings. The summed E-state index contributed by atoms with van der Waals surface area (Å²) in [7, 11) is -2.46. The van der Waals surface area contributed by atoms with E-state index in [2.05, 4.69) is 15.9 Å². The molecule has 0 aliphatic carbocycles. The first-order valence-electron chi connectivity index (χ1n) is 5.97. The monoisotopic (exact) mass is 381 g/mol. The molecule has 1 aromatic carbocycles. The van der Waals surface area contributed by atoms with Gasteiger partial charge in [0.15, 0.2) is 0 Å². The summed E-state index contributed by atoms with van der Waals surface area (Å²) in [6, 6.07) is 3.76. The van der Waals surface area contributed by atoms with Gasteiger partial charge in [0.25, 0.3) is 0 Å². The zero-order chi connectivity index (χ0) is 16.0.